The number of hydrogen-bond acceptors (Lipinski definition) is 3. The molecule has 0 amide bonds. The first-order valence-electron chi connectivity index (χ1n) is 6.92. The molecule has 1 aromatic heterocycles. The van der Waals surface area contributed by atoms with Crippen LogP contribution in [0.3, 0.4) is 0 Å². The lowest BCUT2D eigenvalue weighted by Gasteiger charge is -2.08. The monoisotopic (exact) mass is 307 g/mol. The van der Waals surface area contributed by atoms with E-state index in [0.29, 0.717) is 12.2 Å². The summed E-state index contributed by atoms with van der Waals surface area (Å²) in [5.41, 5.74) is 2.64. The Labute approximate surface area is 126 Å². The van der Waals surface area contributed by atoms with Crippen molar-refractivity contribution in [2.45, 2.75) is 26.4 Å². The lowest BCUT2D eigenvalue weighted by atomic mass is 10.2. The van der Waals surface area contributed by atoms with Gasteiger partial charge in [0.15, 0.2) is 0 Å². The lowest BCUT2D eigenvalue weighted by molar-refractivity contribution is 0.607. The number of aromatic nitrogens is 1. The highest BCUT2D eigenvalue weighted by molar-refractivity contribution is 7.92. The summed E-state index contributed by atoms with van der Waals surface area (Å²) in [6, 6.07) is 9.32. The van der Waals surface area contributed by atoms with Gasteiger partial charge in [-0.1, -0.05) is 13.0 Å². The van der Waals surface area contributed by atoms with E-state index in [-0.39, 0.29) is 0 Å². The fourth-order valence-electron chi connectivity index (χ4n) is 2.10. The Balaban J connectivity index is 1.97. The van der Waals surface area contributed by atoms with E-state index in [1.54, 1.807) is 12.1 Å². The second-order valence-corrected chi connectivity index (χ2v) is 6.81. The summed E-state index contributed by atoms with van der Waals surface area (Å²) in [6.45, 7) is 3.88. The maximum atomic E-state index is 11.2. The molecule has 0 spiro atoms. The molecule has 0 saturated heterocycles. The highest BCUT2D eigenvalue weighted by Crippen LogP contribution is 2.17. The average Bonchev–Trinajstić information content (AvgIpc) is 2.83. The molecule has 1 aromatic carbocycles. The van der Waals surface area contributed by atoms with Gasteiger partial charge in [0.05, 0.1) is 11.9 Å². The van der Waals surface area contributed by atoms with Gasteiger partial charge in [0.25, 0.3) is 0 Å². The van der Waals surface area contributed by atoms with E-state index in [4.69, 9.17) is 0 Å². The van der Waals surface area contributed by atoms with Crippen molar-refractivity contribution in [3.05, 3.63) is 48.3 Å². The van der Waals surface area contributed by atoms with Crippen LogP contribution in [0.2, 0.25) is 0 Å². The van der Waals surface area contributed by atoms with Crippen LogP contribution in [0.1, 0.15) is 18.9 Å². The van der Waals surface area contributed by atoms with E-state index in [2.05, 4.69) is 40.0 Å². The molecule has 6 heteroatoms. The summed E-state index contributed by atoms with van der Waals surface area (Å²) in [5, 5.41) is 3.29. The zero-order chi connectivity index (χ0) is 15.3. The molecule has 0 saturated carbocycles. The van der Waals surface area contributed by atoms with Gasteiger partial charge in [-0.25, -0.2) is 8.42 Å². The molecule has 0 bridgehead atoms. The molecule has 5 nitrogen and oxygen atoms in total. The highest BCUT2D eigenvalue weighted by atomic mass is 32.2. The Morgan fingerprint density at radius 1 is 1.19 bits per heavy atom. The minimum atomic E-state index is -3.25. The molecule has 114 valence electrons. The fourth-order valence-corrected chi connectivity index (χ4v) is 2.66. The first-order chi connectivity index (χ1) is 9.96. The molecule has 0 aliphatic heterocycles. The molecule has 0 unspecified atom stereocenters. The lowest BCUT2D eigenvalue weighted by Crippen LogP contribution is -2.09. The van der Waals surface area contributed by atoms with Gasteiger partial charge in [-0.15, -0.1) is 0 Å². The van der Waals surface area contributed by atoms with Crippen LogP contribution in [0.25, 0.3) is 0 Å². The maximum absolute atomic E-state index is 11.2. The van der Waals surface area contributed by atoms with E-state index in [1.807, 2.05) is 12.1 Å². The first kappa shape index (κ1) is 15.4. The second kappa shape index (κ2) is 6.67. The van der Waals surface area contributed by atoms with E-state index in [1.165, 1.54) is 5.56 Å². The fraction of sp³-hybridized carbons (Fsp3) is 0.333. The van der Waals surface area contributed by atoms with Crippen molar-refractivity contribution < 1.29 is 8.42 Å². The van der Waals surface area contributed by atoms with E-state index in [0.717, 1.165) is 24.9 Å². The summed E-state index contributed by atoms with van der Waals surface area (Å²) >= 11 is 0. The number of nitrogens with zero attached hydrogens (tertiary/aromatic N) is 1. The topological polar surface area (TPSA) is 63.1 Å². The number of sulfonamides is 1. The van der Waals surface area contributed by atoms with Crippen molar-refractivity contribution in [2.75, 3.05) is 16.3 Å². The van der Waals surface area contributed by atoms with Gasteiger partial charge < -0.3 is 9.88 Å². The third kappa shape index (κ3) is 5.15. The summed E-state index contributed by atoms with van der Waals surface area (Å²) in [5.74, 6) is 0. The van der Waals surface area contributed by atoms with Crippen molar-refractivity contribution in [2.24, 2.45) is 0 Å². The molecule has 2 aromatic rings. The Morgan fingerprint density at radius 2 is 1.95 bits per heavy atom. The van der Waals surface area contributed by atoms with E-state index >= 15 is 0 Å². The second-order valence-electron chi connectivity index (χ2n) is 5.07. The molecule has 1 heterocycles. The molecule has 0 aliphatic rings. The molecule has 0 aliphatic carbocycles. The average molecular weight is 307 g/mol. The Hall–Kier alpha value is -1.95. The molecule has 2 rings (SSSR count). The van der Waals surface area contributed by atoms with Crippen LogP contribution in [-0.4, -0.2) is 19.2 Å². The number of anilines is 2. The largest absolute Gasteiger partial charge is 0.381 e. The van der Waals surface area contributed by atoms with Crippen LogP contribution in [0.4, 0.5) is 11.4 Å². The van der Waals surface area contributed by atoms with Crippen LogP contribution in [-0.2, 0) is 23.1 Å². The summed E-state index contributed by atoms with van der Waals surface area (Å²) in [7, 11) is -3.25. The predicted molar refractivity (Wildman–Crippen MR) is 87.0 cm³/mol. The number of nitrogens with one attached hydrogen (secondary N) is 2. The van der Waals surface area contributed by atoms with Gasteiger partial charge in [0.1, 0.15) is 0 Å². The number of rotatable bonds is 7. The summed E-state index contributed by atoms with van der Waals surface area (Å²) < 4.78 is 27.1. The predicted octanol–water partition coefficient (Wildman–Crippen LogP) is 2.88. The minimum absolute atomic E-state index is 0.561. The molecule has 0 fully saturated rings. The van der Waals surface area contributed by atoms with Crippen molar-refractivity contribution >= 4 is 21.4 Å². The molecule has 21 heavy (non-hydrogen) atoms. The minimum Gasteiger partial charge on any atom is -0.381 e. The van der Waals surface area contributed by atoms with Crippen LogP contribution in [0.15, 0.2) is 42.7 Å². The molecular formula is C15H21N3O2S. The van der Waals surface area contributed by atoms with Crippen LogP contribution in [0.5, 0.6) is 0 Å². The number of benzene rings is 1. The maximum Gasteiger partial charge on any atom is 0.229 e. The van der Waals surface area contributed by atoms with Gasteiger partial charge in [0.2, 0.25) is 10.0 Å². The van der Waals surface area contributed by atoms with E-state index < -0.39 is 10.0 Å². The van der Waals surface area contributed by atoms with Gasteiger partial charge in [-0.05, 0) is 36.2 Å². The van der Waals surface area contributed by atoms with E-state index in [9.17, 15) is 8.42 Å². The van der Waals surface area contributed by atoms with Gasteiger partial charge in [-0.3, -0.25) is 4.72 Å². The smallest absolute Gasteiger partial charge is 0.229 e. The van der Waals surface area contributed by atoms with Crippen molar-refractivity contribution in [3.8, 4) is 0 Å². The third-order valence-corrected chi connectivity index (χ3v) is 3.56. The van der Waals surface area contributed by atoms with Crippen LogP contribution >= 0.6 is 0 Å². The Kier molecular flexibility index (Phi) is 4.90. The first-order valence-corrected chi connectivity index (χ1v) is 8.82. The SMILES string of the molecule is CCCn1ccc(CNc2cccc(NS(C)(=O)=O)c2)c1. The molecular weight excluding hydrogens is 286 g/mol. The van der Waals surface area contributed by atoms with Gasteiger partial charge >= 0.3 is 0 Å². The molecule has 0 radical (unpaired) electrons. The third-order valence-electron chi connectivity index (χ3n) is 2.96. The zero-order valence-electron chi connectivity index (χ0n) is 12.3. The summed E-state index contributed by atoms with van der Waals surface area (Å²) in [4.78, 5) is 0. The van der Waals surface area contributed by atoms with Crippen molar-refractivity contribution in [1.82, 2.24) is 4.57 Å². The van der Waals surface area contributed by atoms with Gasteiger partial charge in [-0.2, -0.15) is 0 Å². The Morgan fingerprint density at radius 3 is 2.67 bits per heavy atom. The van der Waals surface area contributed by atoms with Crippen molar-refractivity contribution in [1.29, 1.82) is 0 Å². The van der Waals surface area contributed by atoms with Gasteiger partial charge in [0, 0.05) is 31.2 Å². The summed E-state index contributed by atoms with van der Waals surface area (Å²) in [6.07, 6.45) is 6.45. The normalized spacial score (nSPS) is 11.3. The number of hydrogen-bond donors (Lipinski definition) is 2. The Bertz CT molecular complexity index is 692. The van der Waals surface area contributed by atoms with Crippen LogP contribution < -0.4 is 10.0 Å². The zero-order valence-corrected chi connectivity index (χ0v) is 13.2. The van der Waals surface area contributed by atoms with Crippen LogP contribution in [0, 0.1) is 0 Å². The quantitative estimate of drug-likeness (QED) is 0.827. The van der Waals surface area contributed by atoms with Crippen molar-refractivity contribution in [3.63, 3.8) is 0 Å². The standard InChI is InChI=1S/C15H21N3O2S/c1-3-8-18-9-7-13(12-18)11-16-14-5-4-6-15(10-14)17-21(2,19)20/h4-7,9-10,12,16-17H,3,8,11H2,1-2H3. The highest BCUT2D eigenvalue weighted by Gasteiger charge is 2.03. The number of aryl methyl sites for hydroxylation is 1. The molecule has 2 N–H and O–H groups in total. The molecule has 0 atom stereocenters.